The summed E-state index contributed by atoms with van der Waals surface area (Å²) >= 11 is 0. The van der Waals surface area contributed by atoms with E-state index < -0.39 is 0 Å². The average molecular weight is 338 g/mol. The van der Waals surface area contributed by atoms with Gasteiger partial charge in [-0.05, 0) is 35.9 Å². The van der Waals surface area contributed by atoms with Crippen molar-refractivity contribution in [3.63, 3.8) is 0 Å². The molecule has 0 aliphatic carbocycles. The zero-order chi connectivity index (χ0) is 17.3. The second-order valence-electron chi connectivity index (χ2n) is 5.85. The number of furan rings is 1. The molecule has 0 aliphatic rings. The lowest BCUT2D eigenvalue weighted by Crippen LogP contribution is -2.80. The third-order valence-corrected chi connectivity index (χ3v) is 4.02. The smallest absolute Gasteiger partial charge is 0.161 e. The number of quaternary nitrogens is 1. The first-order valence-corrected chi connectivity index (χ1v) is 8.53. The molecule has 4 nitrogen and oxygen atoms in total. The number of benzene rings is 2. The van der Waals surface area contributed by atoms with Gasteiger partial charge in [0.05, 0.1) is 20.0 Å². The Hall–Kier alpha value is -2.72. The van der Waals surface area contributed by atoms with Gasteiger partial charge in [0.15, 0.2) is 17.3 Å². The summed E-state index contributed by atoms with van der Waals surface area (Å²) in [6.07, 6.45) is 2.58. The minimum atomic E-state index is 0.629. The molecule has 4 heteroatoms. The van der Waals surface area contributed by atoms with E-state index in [2.05, 4.69) is 23.5 Å². The summed E-state index contributed by atoms with van der Waals surface area (Å²) in [6.45, 7) is 2.32. The molecule has 0 saturated heterocycles. The molecule has 0 fully saturated rings. The summed E-state index contributed by atoms with van der Waals surface area (Å²) in [6, 6.07) is 20.3. The molecule has 25 heavy (non-hydrogen) atoms. The number of hydrogen-bond donors (Lipinski definition) is 1. The van der Waals surface area contributed by atoms with Gasteiger partial charge in [0.25, 0.3) is 0 Å². The molecule has 0 atom stereocenters. The molecular weight excluding hydrogens is 314 g/mol. The Morgan fingerprint density at radius 3 is 2.52 bits per heavy atom. The maximum absolute atomic E-state index is 5.90. The van der Waals surface area contributed by atoms with Crippen LogP contribution in [0.1, 0.15) is 16.9 Å². The predicted octanol–water partition coefficient (Wildman–Crippen LogP) is 3.17. The van der Waals surface area contributed by atoms with Crippen LogP contribution in [-0.4, -0.2) is 13.7 Å². The van der Waals surface area contributed by atoms with Crippen molar-refractivity contribution in [2.45, 2.75) is 19.5 Å². The highest BCUT2D eigenvalue weighted by Crippen LogP contribution is 2.28. The van der Waals surface area contributed by atoms with E-state index in [1.54, 1.807) is 13.4 Å². The van der Waals surface area contributed by atoms with Crippen molar-refractivity contribution < 1.29 is 19.2 Å². The van der Waals surface area contributed by atoms with Crippen LogP contribution in [0.5, 0.6) is 11.5 Å². The fourth-order valence-electron chi connectivity index (χ4n) is 2.69. The lowest BCUT2D eigenvalue weighted by atomic mass is 10.1. The van der Waals surface area contributed by atoms with Gasteiger partial charge >= 0.3 is 0 Å². The number of rotatable bonds is 9. The molecule has 0 unspecified atom stereocenters. The van der Waals surface area contributed by atoms with Gasteiger partial charge in [-0.2, -0.15) is 0 Å². The van der Waals surface area contributed by atoms with Crippen molar-refractivity contribution in [2.75, 3.05) is 13.7 Å². The van der Waals surface area contributed by atoms with Crippen molar-refractivity contribution in [1.82, 2.24) is 0 Å². The van der Waals surface area contributed by atoms with Gasteiger partial charge in [-0.3, -0.25) is 0 Å². The lowest BCUT2D eigenvalue weighted by Gasteiger charge is -2.12. The van der Waals surface area contributed by atoms with E-state index in [4.69, 9.17) is 13.9 Å². The summed E-state index contributed by atoms with van der Waals surface area (Å²) in [5, 5.41) is 2.20. The first kappa shape index (κ1) is 17.1. The van der Waals surface area contributed by atoms with Crippen LogP contribution < -0.4 is 14.8 Å². The fourth-order valence-corrected chi connectivity index (χ4v) is 2.69. The van der Waals surface area contributed by atoms with E-state index in [-0.39, 0.29) is 0 Å². The van der Waals surface area contributed by atoms with Crippen LogP contribution >= 0.6 is 0 Å². The average Bonchev–Trinajstić information content (AvgIpc) is 3.17. The van der Waals surface area contributed by atoms with E-state index in [0.29, 0.717) is 6.61 Å². The largest absolute Gasteiger partial charge is 0.493 e. The first-order valence-electron chi connectivity index (χ1n) is 8.53. The van der Waals surface area contributed by atoms with Crippen molar-refractivity contribution in [3.8, 4) is 11.5 Å². The van der Waals surface area contributed by atoms with Gasteiger partial charge in [-0.25, -0.2) is 0 Å². The van der Waals surface area contributed by atoms with Crippen LogP contribution in [-0.2, 0) is 19.5 Å². The number of nitrogens with two attached hydrogens (primary N) is 1. The van der Waals surface area contributed by atoms with Crippen molar-refractivity contribution in [1.29, 1.82) is 0 Å². The fraction of sp³-hybridized carbons (Fsp3) is 0.238. The highest BCUT2D eigenvalue weighted by atomic mass is 16.5. The minimum absolute atomic E-state index is 0.629. The van der Waals surface area contributed by atoms with Crippen molar-refractivity contribution in [3.05, 3.63) is 83.8 Å². The lowest BCUT2D eigenvalue weighted by molar-refractivity contribution is -0.688. The van der Waals surface area contributed by atoms with Gasteiger partial charge in [0, 0.05) is 12.0 Å². The van der Waals surface area contributed by atoms with Gasteiger partial charge in [0.2, 0.25) is 0 Å². The Kier molecular flexibility index (Phi) is 6.12. The maximum Gasteiger partial charge on any atom is 0.161 e. The zero-order valence-corrected chi connectivity index (χ0v) is 14.5. The van der Waals surface area contributed by atoms with Crippen molar-refractivity contribution >= 4 is 0 Å². The monoisotopic (exact) mass is 338 g/mol. The number of methoxy groups -OCH3 is 1. The van der Waals surface area contributed by atoms with Crippen molar-refractivity contribution in [2.24, 2.45) is 0 Å². The van der Waals surface area contributed by atoms with Crippen LogP contribution in [0.2, 0.25) is 0 Å². The second kappa shape index (κ2) is 8.94. The quantitative estimate of drug-likeness (QED) is 0.652. The second-order valence-corrected chi connectivity index (χ2v) is 5.85. The summed E-state index contributed by atoms with van der Waals surface area (Å²) < 4.78 is 16.7. The highest BCUT2D eigenvalue weighted by molar-refractivity contribution is 5.42. The van der Waals surface area contributed by atoms with Crippen LogP contribution in [0.25, 0.3) is 0 Å². The van der Waals surface area contributed by atoms with E-state index in [9.17, 15) is 0 Å². The first-order chi connectivity index (χ1) is 12.3. The Morgan fingerprint density at radius 1 is 0.880 bits per heavy atom. The molecule has 0 radical (unpaired) electrons. The van der Waals surface area contributed by atoms with Crippen LogP contribution in [0.15, 0.2) is 71.3 Å². The molecule has 130 valence electrons. The summed E-state index contributed by atoms with van der Waals surface area (Å²) in [7, 11) is 1.68. The molecule has 0 spiro atoms. The molecule has 0 bridgehead atoms. The third-order valence-electron chi connectivity index (χ3n) is 4.02. The van der Waals surface area contributed by atoms with E-state index >= 15 is 0 Å². The minimum Gasteiger partial charge on any atom is -0.493 e. The van der Waals surface area contributed by atoms with Gasteiger partial charge < -0.3 is 19.2 Å². The molecule has 2 N–H and O–H groups in total. The van der Waals surface area contributed by atoms with E-state index in [1.807, 2.05) is 42.5 Å². The molecular formula is C21H24NO3+. The third kappa shape index (κ3) is 5.13. The Labute approximate surface area is 148 Å². The Balaban J connectivity index is 1.52. The normalized spacial score (nSPS) is 10.6. The topological polar surface area (TPSA) is 48.2 Å². The van der Waals surface area contributed by atoms with E-state index in [1.165, 1.54) is 11.1 Å². The highest BCUT2D eigenvalue weighted by Gasteiger charge is 2.07. The zero-order valence-electron chi connectivity index (χ0n) is 14.5. The molecule has 3 rings (SSSR count). The SMILES string of the molecule is COc1cc(C[NH2+]Cc2ccco2)ccc1OCCc1ccccc1. The Bertz CT molecular complexity index is 754. The van der Waals surface area contributed by atoms with Crippen LogP contribution in [0.4, 0.5) is 0 Å². The molecule has 1 heterocycles. The van der Waals surface area contributed by atoms with Crippen LogP contribution in [0, 0.1) is 0 Å². The molecule has 0 saturated carbocycles. The van der Waals surface area contributed by atoms with Gasteiger partial charge in [0.1, 0.15) is 13.1 Å². The number of ether oxygens (including phenoxy) is 2. The molecule has 0 amide bonds. The van der Waals surface area contributed by atoms with Crippen LogP contribution in [0.3, 0.4) is 0 Å². The summed E-state index contributed by atoms with van der Waals surface area (Å²) in [5.74, 6) is 2.54. The number of hydrogen-bond acceptors (Lipinski definition) is 3. The summed E-state index contributed by atoms with van der Waals surface area (Å²) in [5.41, 5.74) is 2.46. The molecule has 1 aromatic heterocycles. The standard InChI is InChI=1S/C21H23NO3/c1-23-21-14-18(15-22-16-19-8-5-12-24-19)9-10-20(21)25-13-11-17-6-3-2-4-7-17/h2-10,12,14,22H,11,13,15-16H2,1H3/p+1. The van der Waals surface area contributed by atoms with Gasteiger partial charge in [-0.15, -0.1) is 0 Å². The van der Waals surface area contributed by atoms with E-state index in [0.717, 1.165) is 36.8 Å². The Morgan fingerprint density at radius 2 is 1.76 bits per heavy atom. The van der Waals surface area contributed by atoms with Gasteiger partial charge in [-0.1, -0.05) is 30.3 Å². The maximum atomic E-state index is 5.90. The molecule has 2 aromatic carbocycles. The molecule has 3 aromatic rings. The molecule has 0 aliphatic heterocycles. The summed E-state index contributed by atoms with van der Waals surface area (Å²) in [4.78, 5) is 0. The predicted molar refractivity (Wildman–Crippen MR) is 96.7 cm³/mol.